The van der Waals surface area contributed by atoms with Gasteiger partial charge in [-0.3, -0.25) is 10.1 Å². The predicted molar refractivity (Wildman–Crippen MR) is 121 cm³/mol. The lowest BCUT2D eigenvalue weighted by molar-refractivity contribution is -0.139. The molecule has 9 heteroatoms. The van der Waals surface area contributed by atoms with Gasteiger partial charge in [0.1, 0.15) is 23.1 Å². The lowest BCUT2D eigenvalue weighted by Crippen LogP contribution is -2.45. The summed E-state index contributed by atoms with van der Waals surface area (Å²) >= 11 is 12.0. The summed E-state index contributed by atoms with van der Waals surface area (Å²) in [6.07, 6.45) is 0.249. The molecule has 1 saturated heterocycles. The number of rotatable bonds is 7. The second-order valence-corrected chi connectivity index (χ2v) is 9.91. The smallest absolute Gasteiger partial charge is 0.321 e. The Bertz CT molecular complexity index is 1110. The van der Waals surface area contributed by atoms with Gasteiger partial charge in [-0.1, -0.05) is 55.2 Å². The Labute approximate surface area is 201 Å². The fraction of sp³-hybridized carbons (Fsp3) is 0.417. The lowest BCUT2D eigenvalue weighted by atomic mass is 9.62. The molecule has 3 rings (SSSR count). The van der Waals surface area contributed by atoms with E-state index in [4.69, 9.17) is 27.9 Å². The first-order chi connectivity index (χ1) is 15.5. The molecule has 176 valence electrons. The first-order valence-electron chi connectivity index (χ1n) is 10.3. The molecule has 1 heterocycles. The highest BCUT2D eigenvalue weighted by Crippen LogP contribution is 2.52. The lowest BCUT2D eigenvalue weighted by Gasteiger charge is -2.38. The van der Waals surface area contributed by atoms with Gasteiger partial charge in [-0.15, -0.1) is 0 Å². The van der Waals surface area contributed by atoms with Crippen molar-refractivity contribution in [3.63, 3.8) is 0 Å². The summed E-state index contributed by atoms with van der Waals surface area (Å²) in [7, 11) is 1.53. The molecule has 0 spiro atoms. The Kier molecular flexibility index (Phi) is 7.35. The van der Waals surface area contributed by atoms with Gasteiger partial charge < -0.3 is 9.84 Å². The van der Waals surface area contributed by atoms with Crippen molar-refractivity contribution in [1.82, 2.24) is 5.32 Å². The first kappa shape index (κ1) is 25.4. The second-order valence-electron chi connectivity index (χ2n) is 9.06. The van der Waals surface area contributed by atoms with Crippen LogP contribution in [0, 0.1) is 28.4 Å². The molecule has 2 aromatic carbocycles. The maximum absolute atomic E-state index is 15.3. The summed E-state index contributed by atoms with van der Waals surface area (Å²) in [6.45, 7) is 4.09. The van der Waals surface area contributed by atoms with Crippen molar-refractivity contribution in [3.05, 3.63) is 69.2 Å². The number of methoxy groups -OCH3 is 1. The molecule has 0 aliphatic carbocycles. The number of hydrogen-bond acceptors (Lipinski definition) is 4. The van der Waals surface area contributed by atoms with Crippen LogP contribution in [0.3, 0.4) is 0 Å². The van der Waals surface area contributed by atoms with Gasteiger partial charge >= 0.3 is 5.97 Å². The quantitative estimate of drug-likeness (QED) is 0.542. The summed E-state index contributed by atoms with van der Waals surface area (Å²) in [5.41, 5.74) is -2.44. The first-order valence-corrected chi connectivity index (χ1v) is 11.0. The van der Waals surface area contributed by atoms with E-state index in [0.717, 1.165) is 6.07 Å². The minimum absolute atomic E-state index is 0.0618. The highest BCUT2D eigenvalue weighted by atomic mass is 35.5. The fourth-order valence-electron chi connectivity index (χ4n) is 4.93. The second kappa shape index (κ2) is 9.55. The highest BCUT2D eigenvalue weighted by Gasteiger charge is 2.61. The molecule has 0 bridgehead atoms. The van der Waals surface area contributed by atoms with Crippen LogP contribution >= 0.6 is 23.2 Å². The molecular weight excluding hydrogens is 473 g/mol. The predicted octanol–water partition coefficient (Wildman–Crippen LogP) is 5.30. The maximum Gasteiger partial charge on any atom is 0.321 e. The average Bonchev–Trinajstić information content (AvgIpc) is 3.04. The SMILES string of the molecule is COCC(C)(C)C[C@@H]1N[C@@H](C(=O)O)[C@H](c2cccc(Cl)c2F)[C@@]1(C#N)c1ccc(Cl)cc1F. The molecule has 0 aromatic heterocycles. The molecule has 0 radical (unpaired) electrons. The van der Waals surface area contributed by atoms with Crippen LogP contribution in [-0.2, 0) is 14.9 Å². The normalized spacial score (nSPS) is 25.1. The van der Waals surface area contributed by atoms with Crippen molar-refractivity contribution in [2.24, 2.45) is 5.41 Å². The Balaban J connectivity index is 2.34. The van der Waals surface area contributed by atoms with Gasteiger partial charge in [0, 0.05) is 29.7 Å². The van der Waals surface area contributed by atoms with Gasteiger partial charge in [0.15, 0.2) is 0 Å². The van der Waals surface area contributed by atoms with E-state index < -0.39 is 46.4 Å². The number of carboxylic acid groups (broad SMARTS) is 1. The van der Waals surface area contributed by atoms with Crippen LogP contribution in [0.25, 0.3) is 0 Å². The molecule has 4 atom stereocenters. The van der Waals surface area contributed by atoms with E-state index in [0.29, 0.717) is 6.61 Å². The number of hydrogen-bond donors (Lipinski definition) is 2. The monoisotopic (exact) mass is 496 g/mol. The Morgan fingerprint density at radius 2 is 2.00 bits per heavy atom. The van der Waals surface area contributed by atoms with Gasteiger partial charge in [0.05, 0.1) is 17.7 Å². The molecule has 0 amide bonds. The standard InChI is InChI=1S/C24H24Cl2F2N2O3/c1-23(2,12-33-3)10-18-24(11-29,15-8-7-13(25)9-17(15)27)19(21(30-18)22(31)32)14-5-4-6-16(26)20(14)28/h4-9,18-19,21,30H,10,12H2,1-3H3,(H,31,32)/t18-,19-,21+,24-/m0/s1. The van der Waals surface area contributed by atoms with Crippen molar-refractivity contribution in [3.8, 4) is 6.07 Å². The molecule has 33 heavy (non-hydrogen) atoms. The number of aliphatic carboxylic acids is 1. The summed E-state index contributed by atoms with van der Waals surface area (Å²) in [6, 6.07) is 7.99. The van der Waals surface area contributed by atoms with Crippen molar-refractivity contribution in [1.29, 1.82) is 5.26 Å². The van der Waals surface area contributed by atoms with Gasteiger partial charge in [-0.05, 0) is 35.6 Å². The third-order valence-corrected chi connectivity index (χ3v) is 6.72. The Morgan fingerprint density at radius 1 is 1.30 bits per heavy atom. The number of halogens is 4. The van der Waals surface area contributed by atoms with Crippen molar-refractivity contribution >= 4 is 29.2 Å². The van der Waals surface area contributed by atoms with Crippen molar-refractivity contribution < 1.29 is 23.4 Å². The highest BCUT2D eigenvalue weighted by molar-refractivity contribution is 6.31. The molecule has 1 aliphatic heterocycles. The van der Waals surface area contributed by atoms with Gasteiger partial charge in [-0.2, -0.15) is 5.26 Å². The van der Waals surface area contributed by atoms with E-state index in [-0.39, 0.29) is 27.6 Å². The molecule has 1 aliphatic rings. The van der Waals surface area contributed by atoms with Gasteiger partial charge in [0.2, 0.25) is 0 Å². The topological polar surface area (TPSA) is 82.3 Å². The zero-order valence-electron chi connectivity index (χ0n) is 18.3. The average molecular weight is 497 g/mol. The summed E-state index contributed by atoms with van der Waals surface area (Å²) in [5.74, 6) is -4.19. The van der Waals surface area contributed by atoms with E-state index in [9.17, 15) is 15.2 Å². The minimum Gasteiger partial charge on any atom is -0.480 e. The molecular formula is C24H24Cl2F2N2O3. The summed E-state index contributed by atoms with van der Waals surface area (Å²) in [5, 5.41) is 23.5. The van der Waals surface area contributed by atoms with Crippen LogP contribution < -0.4 is 5.32 Å². The molecule has 0 saturated carbocycles. The number of nitrogens with zero attached hydrogens (tertiary/aromatic N) is 1. The molecule has 2 aromatic rings. The van der Waals surface area contributed by atoms with Gasteiger partial charge in [-0.25, -0.2) is 8.78 Å². The summed E-state index contributed by atoms with van der Waals surface area (Å²) < 4.78 is 35.9. The number of benzene rings is 2. The van der Waals surface area contributed by atoms with Crippen LogP contribution in [0.15, 0.2) is 36.4 Å². The van der Waals surface area contributed by atoms with E-state index in [2.05, 4.69) is 11.4 Å². The number of ether oxygens (including phenoxy) is 1. The number of carbonyl (C=O) groups is 1. The number of carboxylic acids is 1. The van der Waals surface area contributed by atoms with Crippen LogP contribution in [0.1, 0.15) is 37.3 Å². The van der Waals surface area contributed by atoms with Gasteiger partial charge in [0.25, 0.3) is 0 Å². The van der Waals surface area contributed by atoms with E-state index in [1.54, 1.807) is 0 Å². The summed E-state index contributed by atoms with van der Waals surface area (Å²) in [4.78, 5) is 12.3. The fourth-order valence-corrected chi connectivity index (χ4v) is 5.27. The molecule has 1 fully saturated rings. The molecule has 0 unspecified atom stereocenters. The maximum atomic E-state index is 15.3. The third kappa shape index (κ3) is 4.58. The zero-order valence-corrected chi connectivity index (χ0v) is 19.8. The van der Waals surface area contributed by atoms with Crippen LogP contribution in [0.2, 0.25) is 10.0 Å². The van der Waals surface area contributed by atoms with E-state index in [1.165, 1.54) is 37.4 Å². The van der Waals surface area contributed by atoms with E-state index >= 15 is 8.78 Å². The van der Waals surface area contributed by atoms with Crippen LogP contribution in [0.5, 0.6) is 0 Å². The molecule has 2 N–H and O–H groups in total. The minimum atomic E-state index is -1.78. The van der Waals surface area contributed by atoms with E-state index in [1.807, 2.05) is 13.8 Å². The number of nitrogens with one attached hydrogen (secondary N) is 1. The largest absolute Gasteiger partial charge is 0.480 e. The van der Waals surface area contributed by atoms with Crippen LogP contribution in [0.4, 0.5) is 8.78 Å². The Morgan fingerprint density at radius 3 is 2.58 bits per heavy atom. The zero-order chi connectivity index (χ0) is 24.6. The Hall–Kier alpha value is -2.24. The molecule has 5 nitrogen and oxygen atoms in total. The number of nitriles is 1. The third-order valence-electron chi connectivity index (χ3n) is 6.19. The van der Waals surface area contributed by atoms with Crippen molar-refractivity contribution in [2.75, 3.05) is 13.7 Å². The van der Waals surface area contributed by atoms with Crippen molar-refractivity contribution in [2.45, 2.75) is 43.7 Å². The van der Waals surface area contributed by atoms with Crippen LogP contribution in [-0.4, -0.2) is 36.9 Å².